The number of aryl methyl sites for hydroxylation is 1. The molecule has 2 aromatic rings. The van der Waals surface area contributed by atoms with Crippen LogP contribution in [0.2, 0.25) is 0 Å². The lowest BCUT2D eigenvalue weighted by atomic mass is 10.3. The lowest BCUT2D eigenvalue weighted by molar-refractivity contribution is -0.388. The van der Waals surface area contributed by atoms with Gasteiger partial charge in [0.2, 0.25) is 0 Å². The molecule has 0 aliphatic rings. The van der Waals surface area contributed by atoms with Crippen molar-refractivity contribution in [1.82, 2.24) is 25.4 Å². The fourth-order valence-electron chi connectivity index (χ4n) is 1.21. The van der Waals surface area contributed by atoms with Crippen molar-refractivity contribution >= 4 is 5.82 Å². The number of nitro groups is 1. The smallest absolute Gasteiger partial charge is 0.350 e. The summed E-state index contributed by atoms with van der Waals surface area (Å²) < 4.78 is 0. The quantitative estimate of drug-likeness (QED) is 0.568. The largest absolute Gasteiger partial charge is 0.358 e. The number of hydrogen-bond acceptors (Lipinski definition) is 5. The Hall–Kier alpha value is -2.25. The average Bonchev–Trinajstić information content (AvgIpc) is 2.86. The third-order valence-corrected chi connectivity index (χ3v) is 1.91. The molecule has 15 heavy (non-hydrogen) atoms. The molecule has 2 heterocycles. The highest BCUT2D eigenvalue weighted by molar-refractivity contribution is 5.62. The molecule has 0 spiro atoms. The molecule has 0 unspecified atom stereocenters. The second-order valence-electron chi connectivity index (χ2n) is 2.85. The Morgan fingerprint density at radius 2 is 2.40 bits per heavy atom. The third-order valence-electron chi connectivity index (χ3n) is 1.91. The molecule has 0 saturated heterocycles. The molecule has 8 nitrogen and oxygen atoms in total. The molecule has 0 bridgehead atoms. The van der Waals surface area contributed by atoms with Gasteiger partial charge in [-0.15, -0.1) is 0 Å². The zero-order valence-electron chi connectivity index (χ0n) is 7.89. The van der Waals surface area contributed by atoms with Crippen LogP contribution in [0.1, 0.15) is 12.7 Å². The van der Waals surface area contributed by atoms with Crippen molar-refractivity contribution in [2.24, 2.45) is 0 Å². The zero-order chi connectivity index (χ0) is 10.8. The Kier molecular flexibility index (Phi) is 2.16. The molecule has 0 amide bonds. The van der Waals surface area contributed by atoms with E-state index in [9.17, 15) is 10.1 Å². The zero-order valence-corrected chi connectivity index (χ0v) is 7.89. The van der Waals surface area contributed by atoms with E-state index in [1.807, 2.05) is 6.92 Å². The van der Waals surface area contributed by atoms with Crippen LogP contribution in [0.5, 0.6) is 0 Å². The van der Waals surface area contributed by atoms with Crippen molar-refractivity contribution in [3.8, 4) is 11.4 Å². The van der Waals surface area contributed by atoms with Crippen LogP contribution in [-0.4, -0.2) is 30.3 Å². The van der Waals surface area contributed by atoms with E-state index in [4.69, 9.17) is 0 Å². The van der Waals surface area contributed by atoms with Gasteiger partial charge < -0.3 is 10.1 Å². The van der Waals surface area contributed by atoms with Crippen LogP contribution in [0.15, 0.2) is 6.20 Å². The van der Waals surface area contributed by atoms with Crippen molar-refractivity contribution < 1.29 is 4.92 Å². The summed E-state index contributed by atoms with van der Waals surface area (Å²) in [4.78, 5) is 16.9. The molecule has 0 aliphatic carbocycles. The van der Waals surface area contributed by atoms with Gasteiger partial charge in [-0.2, -0.15) is 15.4 Å². The van der Waals surface area contributed by atoms with Gasteiger partial charge in [0.25, 0.3) is 0 Å². The molecular formula is C7H8N6O2. The van der Waals surface area contributed by atoms with Gasteiger partial charge in [-0.1, -0.05) is 6.92 Å². The van der Waals surface area contributed by atoms with Gasteiger partial charge in [0.1, 0.15) is 5.69 Å². The number of aromatic amines is 2. The van der Waals surface area contributed by atoms with Gasteiger partial charge in [0, 0.05) is 6.42 Å². The molecule has 2 rings (SSSR count). The van der Waals surface area contributed by atoms with Gasteiger partial charge in [0.15, 0.2) is 11.5 Å². The Morgan fingerprint density at radius 1 is 1.60 bits per heavy atom. The fourth-order valence-corrected chi connectivity index (χ4v) is 1.21. The minimum absolute atomic E-state index is 0.152. The number of hydrogen-bond donors (Lipinski definition) is 2. The molecule has 2 N–H and O–H groups in total. The highest BCUT2D eigenvalue weighted by Gasteiger charge is 2.22. The minimum Gasteiger partial charge on any atom is -0.358 e. The first-order valence-electron chi connectivity index (χ1n) is 4.31. The van der Waals surface area contributed by atoms with E-state index in [1.54, 1.807) is 0 Å². The van der Waals surface area contributed by atoms with E-state index in [1.165, 1.54) is 6.20 Å². The molecule has 0 atom stereocenters. The van der Waals surface area contributed by atoms with Crippen LogP contribution in [0.25, 0.3) is 11.4 Å². The Labute approximate surface area is 83.9 Å². The average molecular weight is 208 g/mol. The third kappa shape index (κ3) is 1.56. The van der Waals surface area contributed by atoms with Gasteiger partial charge in [0.05, 0.1) is 6.20 Å². The van der Waals surface area contributed by atoms with E-state index >= 15 is 0 Å². The lowest BCUT2D eigenvalue weighted by Gasteiger charge is -1.90. The monoisotopic (exact) mass is 208 g/mol. The summed E-state index contributed by atoms with van der Waals surface area (Å²) in [7, 11) is 0. The van der Waals surface area contributed by atoms with Crippen molar-refractivity contribution in [3.63, 3.8) is 0 Å². The van der Waals surface area contributed by atoms with Gasteiger partial charge in [-0.05, 0) is 4.92 Å². The molecule has 0 radical (unpaired) electrons. The number of imidazole rings is 1. The first kappa shape index (κ1) is 9.31. The second-order valence-corrected chi connectivity index (χ2v) is 2.85. The van der Waals surface area contributed by atoms with Crippen molar-refractivity contribution in [1.29, 1.82) is 0 Å². The highest BCUT2D eigenvalue weighted by atomic mass is 16.6. The summed E-state index contributed by atoms with van der Waals surface area (Å²) in [6.07, 6.45) is 1.99. The summed E-state index contributed by atoms with van der Waals surface area (Å²) in [6.45, 7) is 1.86. The van der Waals surface area contributed by atoms with Crippen LogP contribution < -0.4 is 0 Å². The van der Waals surface area contributed by atoms with E-state index in [2.05, 4.69) is 25.4 Å². The maximum atomic E-state index is 10.7. The molecule has 0 saturated carbocycles. The highest BCUT2D eigenvalue weighted by Crippen LogP contribution is 2.24. The number of H-pyrrole nitrogens is 2. The van der Waals surface area contributed by atoms with Crippen LogP contribution in [0.4, 0.5) is 5.82 Å². The van der Waals surface area contributed by atoms with Crippen LogP contribution in [0, 0.1) is 10.1 Å². The molecule has 8 heteroatoms. The van der Waals surface area contributed by atoms with Crippen LogP contribution in [-0.2, 0) is 6.42 Å². The lowest BCUT2D eigenvalue weighted by Crippen LogP contribution is -1.91. The molecule has 2 aromatic heterocycles. The van der Waals surface area contributed by atoms with E-state index in [-0.39, 0.29) is 11.5 Å². The molecule has 0 aliphatic heterocycles. The summed E-state index contributed by atoms with van der Waals surface area (Å²) in [6, 6.07) is 0. The Bertz CT molecular complexity index is 474. The summed E-state index contributed by atoms with van der Waals surface area (Å²) in [5.41, 5.74) is 0.572. The maximum absolute atomic E-state index is 10.7. The second kappa shape index (κ2) is 3.48. The van der Waals surface area contributed by atoms with Gasteiger partial charge in [-0.25, -0.2) is 9.97 Å². The summed E-state index contributed by atoms with van der Waals surface area (Å²) >= 11 is 0. The fraction of sp³-hybridized carbons (Fsp3) is 0.286. The predicted molar refractivity (Wildman–Crippen MR) is 50.0 cm³/mol. The Balaban J connectivity index is 2.54. The molecular weight excluding hydrogens is 200 g/mol. The standard InChI is InChI=1S/C7H8N6O2/c1-2-5-9-6(4-3-8-12-11-4)7(10-5)13(14)15/h3H,2H2,1H3,(H,9,10)(H,8,11,12). The maximum Gasteiger partial charge on any atom is 0.350 e. The number of aromatic nitrogens is 5. The first-order chi connectivity index (χ1) is 7.22. The number of rotatable bonds is 3. The summed E-state index contributed by atoms with van der Waals surface area (Å²) in [5.74, 6) is 0.403. The van der Waals surface area contributed by atoms with Crippen molar-refractivity contribution in [2.45, 2.75) is 13.3 Å². The number of nitrogens with zero attached hydrogens (tertiary/aromatic N) is 4. The molecule has 0 aromatic carbocycles. The molecule has 78 valence electrons. The van der Waals surface area contributed by atoms with E-state index in [0.29, 0.717) is 17.9 Å². The van der Waals surface area contributed by atoms with Gasteiger partial charge >= 0.3 is 5.82 Å². The minimum atomic E-state index is -0.518. The molecule has 0 fully saturated rings. The Morgan fingerprint density at radius 3 is 2.93 bits per heavy atom. The summed E-state index contributed by atoms with van der Waals surface area (Å²) in [5, 5.41) is 20.4. The van der Waals surface area contributed by atoms with E-state index < -0.39 is 4.92 Å². The van der Waals surface area contributed by atoms with Crippen LogP contribution >= 0.6 is 0 Å². The predicted octanol–water partition coefficient (Wildman–Crippen LogP) is 0.665. The van der Waals surface area contributed by atoms with Crippen molar-refractivity contribution in [3.05, 3.63) is 22.1 Å². The van der Waals surface area contributed by atoms with Crippen LogP contribution in [0.3, 0.4) is 0 Å². The topological polar surface area (TPSA) is 113 Å². The number of nitrogens with one attached hydrogen (secondary N) is 2. The van der Waals surface area contributed by atoms with E-state index in [0.717, 1.165) is 0 Å². The van der Waals surface area contributed by atoms with Gasteiger partial charge in [-0.3, -0.25) is 0 Å². The normalized spacial score (nSPS) is 10.5. The first-order valence-corrected chi connectivity index (χ1v) is 4.31. The SMILES string of the molecule is CCc1nc(-c2cn[nH]n2)c([N+](=O)[O-])[nH]1. The van der Waals surface area contributed by atoms with Crippen molar-refractivity contribution in [2.75, 3.05) is 0 Å².